The third kappa shape index (κ3) is 5.06. The number of nitrogens with zero attached hydrogens (tertiary/aromatic N) is 1. The number of carbonyl (C=O) groups is 2. The maximum atomic E-state index is 13.1. The number of ketones is 1. The van der Waals surface area contributed by atoms with E-state index in [0.29, 0.717) is 35.8 Å². The molecule has 0 atom stereocenters. The van der Waals surface area contributed by atoms with Crippen molar-refractivity contribution in [2.45, 2.75) is 72.9 Å². The van der Waals surface area contributed by atoms with Gasteiger partial charge in [-0.1, -0.05) is 0 Å². The van der Waals surface area contributed by atoms with Crippen molar-refractivity contribution in [3.63, 3.8) is 0 Å². The smallest absolute Gasteiger partial charge is 0.253 e. The van der Waals surface area contributed by atoms with Crippen LogP contribution in [0.25, 0.3) is 0 Å². The largest absolute Gasteiger partial charge is 0.369 e. The Hall–Kier alpha value is -2.89. The van der Waals surface area contributed by atoms with E-state index >= 15 is 0 Å². The van der Waals surface area contributed by atoms with Crippen molar-refractivity contribution in [3.05, 3.63) is 62.1 Å². The van der Waals surface area contributed by atoms with Crippen LogP contribution in [0.15, 0.2) is 23.0 Å². The quantitative estimate of drug-likeness (QED) is 0.739. The summed E-state index contributed by atoms with van der Waals surface area (Å²) in [6.07, 6.45) is 2.97. The fourth-order valence-corrected chi connectivity index (χ4v) is 4.60. The summed E-state index contributed by atoms with van der Waals surface area (Å²) in [5.74, 6) is 0.159. The Labute approximate surface area is 184 Å². The minimum absolute atomic E-state index is 0.163. The number of carbonyl (C=O) groups excluding carboxylic acids is 2. The molecule has 0 bridgehead atoms. The third-order valence-electron chi connectivity index (χ3n) is 6.29. The first-order chi connectivity index (χ1) is 14.7. The molecule has 166 valence electrons. The van der Waals surface area contributed by atoms with Crippen LogP contribution in [0, 0.1) is 27.7 Å². The average molecular weight is 424 g/mol. The number of nitrogens with one attached hydrogen (secondary N) is 2. The number of aromatic amines is 1. The van der Waals surface area contributed by atoms with E-state index < -0.39 is 0 Å². The highest BCUT2D eigenvalue weighted by Gasteiger charge is 2.26. The molecule has 0 saturated heterocycles. The number of Topliss-reactive ketones (excluding diaryl/α,β-unsaturated/α-hetero) is 1. The molecule has 31 heavy (non-hydrogen) atoms. The number of aryl methyl sites for hydroxylation is 3. The Balaban J connectivity index is 1.85. The molecule has 1 aromatic carbocycles. The molecule has 0 unspecified atom stereocenters. The van der Waals surface area contributed by atoms with Crippen LogP contribution in [0.5, 0.6) is 0 Å². The van der Waals surface area contributed by atoms with Gasteiger partial charge in [0, 0.05) is 54.5 Å². The first-order valence-corrected chi connectivity index (χ1v) is 11.1. The Morgan fingerprint density at radius 3 is 2.39 bits per heavy atom. The SMILES string of the molecule is CCN(c1cc(C)cc(C(=O)NCc2c(C)cc(C)[nH]c2=O)c1C)C1CCC(=O)CC1. The second-order valence-corrected chi connectivity index (χ2v) is 8.64. The molecular weight excluding hydrogens is 390 g/mol. The first-order valence-electron chi connectivity index (χ1n) is 11.1. The Morgan fingerprint density at radius 2 is 1.77 bits per heavy atom. The fraction of sp³-hybridized carbons (Fsp3) is 0.480. The van der Waals surface area contributed by atoms with Crippen molar-refractivity contribution in [1.82, 2.24) is 10.3 Å². The second kappa shape index (κ2) is 9.50. The number of benzene rings is 1. The molecule has 1 aliphatic rings. The molecule has 2 N–H and O–H groups in total. The summed E-state index contributed by atoms with van der Waals surface area (Å²) in [7, 11) is 0. The summed E-state index contributed by atoms with van der Waals surface area (Å²) < 4.78 is 0. The molecule has 0 aliphatic heterocycles. The van der Waals surface area contributed by atoms with Gasteiger partial charge in [-0.2, -0.15) is 0 Å². The number of amides is 1. The summed E-state index contributed by atoms with van der Waals surface area (Å²) >= 11 is 0. The summed E-state index contributed by atoms with van der Waals surface area (Å²) in [6, 6.07) is 6.25. The molecule has 1 fully saturated rings. The van der Waals surface area contributed by atoms with E-state index in [9.17, 15) is 14.4 Å². The number of H-pyrrole nitrogens is 1. The van der Waals surface area contributed by atoms with Crippen LogP contribution in [0.3, 0.4) is 0 Å². The zero-order chi connectivity index (χ0) is 22.7. The zero-order valence-electron chi connectivity index (χ0n) is 19.2. The number of anilines is 1. The van der Waals surface area contributed by atoms with E-state index in [4.69, 9.17) is 0 Å². The van der Waals surface area contributed by atoms with Crippen LogP contribution in [0.1, 0.15) is 70.9 Å². The van der Waals surface area contributed by atoms with Crippen molar-refractivity contribution in [3.8, 4) is 0 Å². The summed E-state index contributed by atoms with van der Waals surface area (Å²) in [6.45, 7) is 10.8. The molecular formula is C25H33N3O3. The molecule has 6 nitrogen and oxygen atoms in total. The third-order valence-corrected chi connectivity index (χ3v) is 6.29. The standard InChI is InChI=1S/C25H33N3O3/c1-6-28(19-7-9-20(29)10-8-19)23-12-15(2)11-21(18(23)5)24(30)26-14-22-16(3)13-17(4)27-25(22)31/h11-13,19H,6-10,14H2,1-5H3,(H,26,30)(H,27,31). The van der Waals surface area contributed by atoms with Gasteiger partial charge in [0.1, 0.15) is 5.78 Å². The van der Waals surface area contributed by atoms with Gasteiger partial charge in [0.25, 0.3) is 11.5 Å². The number of pyridine rings is 1. The van der Waals surface area contributed by atoms with Gasteiger partial charge >= 0.3 is 0 Å². The highest BCUT2D eigenvalue weighted by molar-refractivity contribution is 5.97. The van der Waals surface area contributed by atoms with Crippen molar-refractivity contribution in [2.75, 3.05) is 11.4 Å². The lowest BCUT2D eigenvalue weighted by molar-refractivity contribution is -0.120. The van der Waals surface area contributed by atoms with Gasteiger partial charge in [0.2, 0.25) is 0 Å². The van der Waals surface area contributed by atoms with E-state index in [1.54, 1.807) is 0 Å². The summed E-state index contributed by atoms with van der Waals surface area (Å²) in [4.78, 5) is 42.2. The minimum Gasteiger partial charge on any atom is -0.369 e. The monoisotopic (exact) mass is 423 g/mol. The van der Waals surface area contributed by atoms with E-state index in [1.807, 2.05) is 39.8 Å². The van der Waals surface area contributed by atoms with Crippen LogP contribution < -0.4 is 15.8 Å². The molecule has 1 amide bonds. The lowest BCUT2D eigenvalue weighted by atomic mass is 9.91. The van der Waals surface area contributed by atoms with Crippen molar-refractivity contribution in [2.24, 2.45) is 0 Å². The molecule has 3 rings (SSSR count). The first kappa shape index (κ1) is 22.8. The predicted octanol–water partition coefficient (Wildman–Crippen LogP) is 3.88. The molecule has 0 spiro atoms. The normalized spacial score (nSPS) is 14.5. The second-order valence-electron chi connectivity index (χ2n) is 8.64. The zero-order valence-corrected chi connectivity index (χ0v) is 19.2. The van der Waals surface area contributed by atoms with Gasteiger partial charge in [0.15, 0.2) is 0 Å². The lowest BCUT2D eigenvalue weighted by Gasteiger charge is -2.36. The van der Waals surface area contributed by atoms with Gasteiger partial charge < -0.3 is 15.2 Å². The average Bonchev–Trinajstić information content (AvgIpc) is 2.71. The highest BCUT2D eigenvalue weighted by atomic mass is 16.2. The molecule has 1 aromatic heterocycles. The maximum Gasteiger partial charge on any atom is 0.253 e. The molecule has 1 heterocycles. The fourth-order valence-electron chi connectivity index (χ4n) is 4.60. The van der Waals surface area contributed by atoms with Gasteiger partial charge in [-0.3, -0.25) is 14.4 Å². The van der Waals surface area contributed by atoms with Gasteiger partial charge in [-0.25, -0.2) is 0 Å². The molecule has 1 aliphatic carbocycles. The molecule has 6 heteroatoms. The van der Waals surface area contributed by atoms with Gasteiger partial charge in [0.05, 0.1) is 0 Å². The number of aromatic nitrogens is 1. The Bertz CT molecular complexity index is 1040. The predicted molar refractivity (Wildman–Crippen MR) is 124 cm³/mol. The van der Waals surface area contributed by atoms with Crippen LogP contribution in [-0.2, 0) is 11.3 Å². The number of hydrogen-bond donors (Lipinski definition) is 2. The van der Waals surface area contributed by atoms with E-state index in [2.05, 4.69) is 28.2 Å². The van der Waals surface area contributed by atoms with Crippen LogP contribution in [-0.4, -0.2) is 29.3 Å². The highest BCUT2D eigenvalue weighted by Crippen LogP contribution is 2.31. The minimum atomic E-state index is -0.184. The van der Waals surface area contributed by atoms with Gasteiger partial charge in [-0.15, -0.1) is 0 Å². The summed E-state index contributed by atoms with van der Waals surface area (Å²) in [5, 5.41) is 2.93. The van der Waals surface area contributed by atoms with Crippen molar-refractivity contribution < 1.29 is 9.59 Å². The topological polar surface area (TPSA) is 82.3 Å². The molecule has 1 saturated carbocycles. The van der Waals surface area contributed by atoms with E-state index in [-0.39, 0.29) is 18.0 Å². The van der Waals surface area contributed by atoms with Crippen LogP contribution in [0.2, 0.25) is 0 Å². The molecule has 2 aromatic rings. The van der Waals surface area contributed by atoms with Gasteiger partial charge in [-0.05, 0) is 82.3 Å². The number of rotatable bonds is 6. The lowest BCUT2D eigenvalue weighted by Crippen LogP contribution is -2.39. The summed E-state index contributed by atoms with van der Waals surface area (Å²) in [5.41, 5.74) is 5.71. The van der Waals surface area contributed by atoms with Crippen LogP contribution in [0.4, 0.5) is 5.69 Å². The van der Waals surface area contributed by atoms with Crippen molar-refractivity contribution >= 4 is 17.4 Å². The van der Waals surface area contributed by atoms with E-state index in [0.717, 1.165) is 47.5 Å². The Morgan fingerprint density at radius 1 is 1.10 bits per heavy atom. The number of hydrogen-bond acceptors (Lipinski definition) is 4. The van der Waals surface area contributed by atoms with E-state index in [1.165, 1.54) is 0 Å². The van der Waals surface area contributed by atoms with Crippen molar-refractivity contribution in [1.29, 1.82) is 0 Å². The Kier molecular flexibility index (Phi) is 6.98. The maximum absolute atomic E-state index is 13.1. The molecule has 0 radical (unpaired) electrons. The van der Waals surface area contributed by atoms with Crippen LogP contribution >= 0.6 is 0 Å².